The summed E-state index contributed by atoms with van der Waals surface area (Å²) < 4.78 is 1.17. The van der Waals surface area contributed by atoms with Gasteiger partial charge >= 0.3 is 0 Å². The van der Waals surface area contributed by atoms with Crippen molar-refractivity contribution in [2.24, 2.45) is 11.8 Å². The predicted molar refractivity (Wildman–Crippen MR) is 74.9 cm³/mol. The van der Waals surface area contributed by atoms with Gasteiger partial charge in [0.25, 0.3) is 5.91 Å². The van der Waals surface area contributed by atoms with Crippen LogP contribution in [0.1, 0.15) is 10.4 Å². The van der Waals surface area contributed by atoms with Gasteiger partial charge in [0.1, 0.15) is 0 Å². The summed E-state index contributed by atoms with van der Waals surface area (Å²) in [7, 11) is 0. The van der Waals surface area contributed by atoms with E-state index in [4.69, 9.17) is 0 Å². The molecule has 3 nitrogen and oxygen atoms in total. The minimum absolute atomic E-state index is 0.191. The Labute approximate surface area is 115 Å². The maximum absolute atomic E-state index is 12.3. The molecule has 17 heavy (non-hydrogen) atoms. The average Bonchev–Trinajstić information content (AvgIpc) is 2.89. The molecule has 0 saturated carbocycles. The first kappa shape index (κ1) is 11.5. The summed E-state index contributed by atoms with van der Waals surface area (Å²) in [4.78, 5) is 14.3. The van der Waals surface area contributed by atoms with Gasteiger partial charge in [0.05, 0.1) is 0 Å². The molecule has 0 spiro atoms. The number of amides is 1. The summed E-state index contributed by atoms with van der Waals surface area (Å²) in [6, 6.07) is 7.84. The second-order valence-electron chi connectivity index (χ2n) is 4.90. The minimum Gasteiger partial charge on any atom is -0.338 e. The Kier molecular flexibility index (Phi) is 3.08. The van der Waals surface area contributed by atoms with E-state index in [0.29, 0.717) is 11.8 Å². The lowest BCUT2D eigenvalue weighted by Gasteiger charge is -2.17. The van der Waals surface area contributed by atoms with Gasteiger partial charge in [-0.05, 0) is 58.7 Å². The molecular formula is C13H15IN2O. The first-order valence-electron chi connectivity index (χ1n) is 5.99. The van der Waals surface area contributed by atoms with Crippen molar-refractivity contribution < 1.29 is 4.79 Å². The molecule has 2 aliphatic rings. The highest BCUT2D eigenvalue weighted by Gasteiger charge is 2.38. The van der Waals surface area contributed by atoms with Crippen molar-refractivity contribution in [2.45, 2.75) is 0 Å². The maximum atomic E-state index is 12.3. The molecule has 0 aromatic heterocycles. The Balaban J connectivity index is 1.73. The number of carbonyl (C=O) groups is 1. The molecule has 2 heterocycles. The zero-order valence-electron chi connectivity index (χ0n) is 9.53. The summed E-state index contributed by atoms with van der Waals surface area (Å²) in [6.07, 6.45) is 0. The first-order valence-corrected chi connectivity index (χ1v) is 7.07. The third kappa shape index (κ3) is 2.20. The van der Waals surface area contributed by atoms with Gasteiger partial charge in [-0.1, -0.05) is 0 Å². The number of fused-ring (bicyclic) bond motifs is 1. The van der Waals surface area contributed by atoms with Crippen molar-refractivity contribution in [3.8, 4) is 0 Å². The molecule has 0 radical (unpaired) electrons. The highest BCUT2D eigenvalue weighted by atomic mass is 127. The quantitative estimate of drug-likeness (QED) is 0.786. The Hall–Kier alpha value is -0.620. The molecule has 3 rings (SSSR count). The number of carbonyl (C=O) groups excluding carboxylic acids is 1. The lowest BCUT2D eigenvalue weighted by Crippen LogP contribution is -2.31. The van der Waals surface area contributed by atoms with Gasteiger partial charge in [-0.25, -0.2) is 0 Å². The number of nitrogens with one attached hydrogen (secondary N) is 1. The fourth-order valence-corrected chi connectivity index (χ4v) is 3.16. The molecule has 0 unspecified atom stereocenters. The normalized spacial score (nSPS) is 27.2. The lowest BCUT2D eigenvalue weighted by molar-refractivity contribution is 0.0781. The third-order valence-electron chi connectivity index (χ3n) is 3.77. The van der Waals surface area contributed by atoms with Gasteiger partial charge in [-0.3, -0.25) is 4.79 Å². The fraction of sp³-hybridized carbons (Fsp3) is 0.462. The van der Waals surface area contributed by atoms with Crippen molar-refractivity contribution in [1.82, 2.24) is 10.2 Å². The molecular weight excluding hydrogens is 327 g/mol. The zero-order chi connectivity index (χ0) is 11.8. The Morgan fingerprint density at radius 3 is 2.35 bits per heavy atom. The summed E-state index contributed by atoms with van der Waals surface area (Å²) in [6.45, 7) is 3.98. The molecule has 1 N–H and O–H groups in total. The van der Waals surface area contributed by atoms with E-state index in [0.717, 1.165) is 31.7 Å². The average molecular weight is 342 g/mol. The molecule has 1 amide bonds. The van der Waals surface area contributed by atoms with Crippen molar-refractivity contribution in [1.29, 1.82) is 0 Å². The van der Waals surface area contributed by atoms with Crippen LogP contribution >= 0.6 is 22.6 Å². The number of benzene rings is 1. The van der Waals surface area contributed by atoms with Crippen LogP contribution in [-0.4, -0.2) is 37.0 Å². The van der Waals surface area contributed by atoms with Gasteiger partial charge in [-0.2, -0.15) is 0 Å². The Morgan fingerprint density at radius 2 is 1.76 bits per heavy atom. The standard InChI is InChI=1S/C13H15IN2O/c14-12-3-1-9(2-4-12)13(17)16-7-10-5-15-6-11(10)8-16/h1-4,10-11,15H,5-8H2/t10-,11+. The Morgan fingerprint density at radius 1 is 1.18 bits per heavy atom. The largest absolute Gasteiger partial charge is 0.338 e. The number of hydrogen-bond donors (Lipinski definition) is 1. The summed E-state index contributed by atoms with van der Waals surface area (Å²) >= 11 is 2.26. The molecule has 2 fully saturated rings. The number of nitrogens with zero attached hydrogens (tertiary/aromatic N) is 1. The van der Waals surface area contributed by atoms with Crippen molar-refractivity contribution in [3.63, 3.8) is 0 Å². The van der Waals surface area contributed by atoms with Crippen LogP contribution in [0.5, 0.6) is 0 Å². The number of hydrogen-bond acceptors (Lipinski definition) is 2. The molecule has 0 bridgehead atoms. The molecule has 0 aliphatic carbocycles. The van der Waals surface area contributed by atoms with Crippen LogP contribution in [0.15, 0.2) is 24.3 Å². The van der Waals surface area contributed by atoms with Crippen LogP contribution in [0.25, 0.3) is 0 Å². The van der Waals surface area contributed by atoms with Crippen molar-refractivity contribution in [3.05, 3.63) is 33.4 Å². The molecule has 90 valence electrons. The maximum Gasteiger partial charge on any atom is 0.253 e. The van der Waals surface area contributed by atoms with Crippen molar-refractivity contribution >= 4 is 28.5 Å². The van der Waals surface area contributed by atoms with Crippen LogP contribution in [0.3, 0.4) is 0 Å². The van der Waals surface area contributed by atoms with E-state index < -0.39 is 0 Å². The van der Waals surface area contributed by atoms with Crippen LogP contribution in [0.2, 0.25) is 0 Å². The predicted octanol–water partition coefficient (Wildman–Crippen LogP) is 1.58. The van der Waals surface area contributed by atoms with Gasteiger partial charge < -0.3 is 10.2 Å². The van der Waals surface area contributed by atoms with Gasteiger partial charge in [0.15, 0.2) is 0 Å². The molecule has 2 aliphatic heterocycles. The van der Waals surface area contributed by atoms with E-state index in [1.54, 1.807) is 0 Å². The molecule has 1 aromatic rings. The summed E-state index contributed by atoms with van der Waals surface area (Å²) in [5, 5.41) is 3.39. The molecule has 1 aromatic carbocycles. The van der Waals surface area contributed by atoms with E-state index in [1.807, 2.05) is 29.2 Å². The van der Waals surface area contributed by atoms with Crippen LogP contribution in [-0.2, 0) is 0 Å². The topological polar surface area (TPSA) is 32.3 Å². The highest BCUT2D eigenvalue weighted by molar-refractivity contribution is 14.1. The lowest BCUT2D eigenvalue weighted by atomic mass is 10.0. The number of rotatable bonds is 1. The minimum atomic E-state index is 0.191. The second-order valence-corrected chi connectivity index (χ2v) is 6.14. The monoisotopic (exact) mass is 342 g/mol. The van der Waals surface area contributed by atoms with E-state index in [2.05, 4.69) is 27.9 Å². The fourth-order valence-electron chi connectivity index (χ4n) is 2.80. The van der Waals surface area contributed by atoms with Gasteiger partial charge in [0, 0.05) is 35.3 Å². The summed E-state index contributed by atoms with van der Waals surface area (Å²) in [5.41, 5.74) is 0.818. The van der Waals surface area contributed by atoms with Gasteiger partial charge in [0.2, 0.25) is 0 Å². The highest BCUT2D eigenvalue weighted by Crippen LogP contribution is 2.27. The SMILES string of the molecule is O=C(c1ccc(I)cc1)N1C[C@H]2CNC[C@H]2C1. The zero-order valence-corrected chi connectivity index (χ0v) is 11.7. The second kappa shape index (κ2) is 4.57. The van der Waals surface area contributed by atoms with Crippen LogP contribution in [0, 0.1) is 15.4 Å². The van der Waals surface area contributed by atoms with Gasteiger partial charge in [-0.15, -0.1) is 0 Å². The third-order valence-corrected chi connectivity index (χ3v) is 4.49. The number of halogens is 1. The van der Waals surface area contributed by atoms with E-state index in [1.165, 1.54) is 3.57 Å². The molecule has 4 heteroatoms. The first-order chi connectivity index (χ1) is 8.24. The van der Waals surface area contributed by atoms with E-state index in [-0.39, 0.29) is 5.91 Å². The molecule has 2 saturated heterocycles. The summed E-state index contributed by atoms with van der Waals surface area (Å²) in [5.74, 6) is 1.53. The smallest absolute Gasteiger partial charge is 0.253 e. The van der Waals surface area contributed by atoms with Crippen LogP contribution in [0.4, 0.5) is 0 Å². The molecule has 2 atom stereocenters. The van der Waals surface area contributed by atoms with Crippen molar-refractivity contribution in [2.75, 3.05) is 26.2 Å². The van der Waals surface area contributed by atoms with E-state index >= 15 is 0 Å². The Bertz CT molecular complexity index is 420. The van der Waals surface area contributed by atoms with Crippen LogP contribution < -0.4 is 5.32 Å². The number of likely N-dealkylation sites (tertiary alicyclic amines) is 1. The van der Waals surface area contributed by atoms with E-state index in [9.17, 15) is 4.79 Å².